The van der Waals surface area contributed by atoms with Gasteiger partial charge in [-0.2, -0.15) is 0 Å². The first-order chi connectivity index (χ1) is 8.54. The highest BCUT2D eigenvalue weighted by atomic mass is 127. The Kier molecular flexibility index (Phi) is 4.23. The fraction of sp³-hybridized carbons (Fsp3) is 0.273. The Morgan fingerprint density at radius 2 is 1.83 bits per heavy atom. The van der Waals surface area contributed by atoms with E-state index in [2.05, 4.69) is 22.6 Å². The number of nitrogens with zero attached hydrogens (tertiary/aromatic N) is 1. The van der Waals surface area contributed by atoms with Gasteiger partial charge in [0.2, 0.25) is 0 Å². The summed E-state index contributed by atoms with van der Waals surface area (Å²) in [5.41, 5.74) is 0.660. The summed E-state index contributed by atoms with van der Waals surface area (Å²) >= 11 is 2.14. The molecule has 7 heteroatoms. The summed E-state index contributed by atoms with van der Waals surface area (Å²) < 4.78 is 11.3. The molecule has 94 valence electrons. The summed E-state index contributed by atoms with van der Waals surface area (Å²) in [6.45, 7) is 0.158. The first-order valence-corrected chi connectivity index (χ1v) is 6.45. The van der Waals surface area contributed by atoms with Crippen molar-refractivity contribution in [2.45, 2.75) is 0 Å². The number of rotatable bonds is 1. The van der Waals surface area contributed by atoms with Crippen molar-refractivity contribution in [1.29, 1.82) is 0 Å². The number of benzene rings is 1. The third kappa shape index (κ3) is 3.45. The zero-order chi connectivity index (χ0) is 13.1. The predicted molar refractivity (Wildman–Crippen MR) is 74.2 cm³/mol. The SMILES string of the molecule is CN1CC(=O)OB(c2cccc(I)c2)OC(=O)C1. The molecule has 2 rings (SSSR count). The van der Waals surface area contributed by atoms with Crippen molar-refractivity contribution in [3.8, 4) is 0 Å². The van der Waals surface area contributed by atoms with Gasteiger partial charge in [0.05, 0.1) is 13.1 Å². The van der Waals surface area contributed by atoms with Gasteiger partial charge in [-0.15, -0.1) is 0 Å². The highest BCUT2D eigenvalue weighted by Crippen LogP contribution is 2.05. The molecule has 1 heterocycles. The Bertz CT molecular complexity index is 462. The molecule has 0 saturated carbocycles. The van der Waals surface area contributed by atoms with Gasteiger partial charge < -0.3 is 9.31 Å². The second kappa shape index (κ2) is 5.70. The van der Waals surface area contributed by atoms with E-state index in [-0.39, 0.29) is 13.1 Å². The van der Waals surface area contributed by atoms with E-state index in [1.165, 1.54) is 0 Å². The van der Waals surface area contributed by atoms with E-state index in [0.717, 1.165) is 3.57 Å². The Labute approximate surface area is 119 Å². The van der Waals surface area contributed by atoms with Gasteiger partial charge in [0.15, 0.2) is 0 Å². The lowest BCUT2D eigenvalue weighted by molar-refractivity contribution is -0.145. The van der Waals surface area contributed by atoms with E-state index in [1.807, 2.05) is 18.2 Å². The highest BCUT2D eigenvalue weighted by molar-refractivity contribution is 14.1. The monoisotopic (exact) mass is 359 g/mol. The van der Waals surface area contributed by atoms with Crippen molar-refractivity contribution in [3.05, 3.63) is 27.8 Å². The molecule has 5 nitrogen and oxygen atoms in total. The molecule has 0 N–H and O–H groups in total. The van der Waals surface area contributed by atoms with Gasteiger partial charge >= 0.3 is 19.1 Å². The summed E-state index contributed by atoms with van der Waals surface area (Å²) in [6.07, 6.45) is 0. The van der Waals surface area contributed by atoms with Crippen LogP contribution >= 0.6 is 22.6 Å². The molecule has 1 fully saturated rings. The lowest BCUT2D eigenvalue weighted by Crippen LogP contribution is -2.47. The molecule has 1 aromatic carbocycles. The van der Waals surface area contributed by atoms with E-state index in [1.54, 1.807) is 18.0 Å². The number of hydrogen-bond acceptors (Lipinski definition) is 5. The summed E-state index contributed by atoms with van der Waals surface area (Å²) in [5.74, 6) is -0.817. The van der Waals surface area contributed by atoms with Crippen molar-refractivity contribution in [2.24, 2.45) is 0 Å². The summed E-state index contributed by atoms with van der Waals surface area (Å²) in [4.78, 5) is 24.7. The molecule has 18 heavy (non-hydrogen) atoms. The number of hydrogen-bond donors (Lipinski definition) is 0. The summed E-state index contributed by atoms with van der Waals surface area (Å²) in [7, 11) is 0.710. The lowest BCUT2D eigenvalue weighted by atomic mass is 9.78. The third-order valence-corrected chi connectivity index (χ3v) is 3.07. The van der Waals surface area contributed by atoms with Crippen LogP contribution in [0.5, 0.6) is 0 Å². The van der Waals surface area contributed by atoms with Gasteiger partial charge in [0.25, 0.3) is 0 Å². The molecule has 1 saturated heterocycles. The minimum absolute atomic E-state index is 0.0789. The molecular formula is C11H11BINO4. The Hall–Kier alpha value is -1.09. The largest absolute Gasteiger partial charge is 0.636 e. The Morgan fingerprint density at radius 1 is 1.22 bits per heavy atom. The van der Waals surface area contributed by atoms with Crippen LogP contribution < -0.4 is 5.46 Å². The van der Waals surface area contributed by atoms with Gasteiger partial charge in [-0.25, -0.2) is 0 Å². The normalized spacial score (nSPS) is 17.8. The summed E-state index contributed by atoms with van der Waals surface area (Å²) in [6, 6.07) is 7.31. The van der Waals surface area contributed by atoms with Crippen LogP contribution in [0.4, 0.5) is 0 Å². The average Bonchev–Trinajstić information content (AvgIpc) is 2.25. The maximum atomic E-state index is 11.6. The van der Waals surface area contributed by atoms with E-state index in [0.29, 0.717) is 5.46 Å². The standard InChI is InChI=1S/C11H11BINO4/c1-14-6-10(15)17-12(18-11(16)7-14)8-3-2-4-9(13)5-8/h2-5H,6-7H2,1H3. The van der Waals surface area contributed by atoms with Gasteiger partial charge in [-0.1, -0.05) is 12.1 Å². The maximum absolute atomic E-state index is 11.6. The molecule has 0 aliphatic carbocycles. The molecule has 0 spiro atoms. The lowest BCUT2D eigenvalue weighted by Gasteiger charge is -2.22. The van der Waals surface area contributed by atoms with Crippen LogP contribution in [0.2, 0.25) is 0 Å². The van der Waals surface area contributed by atoms with Crippen LogP contribution in [0.3, 0.4) is 0 Å². The molecule has 0 aromatic heterocycles. The van der Waals surface area contributed by atoms with Crippen LogP contribution in [-0.2, 0) is 18.9 Å². The molecule has 0 atom stereocenters. The highest BCUT2D eigenvalue weighted by Gasteiger charge is 2.33. The van der Waals surface area contributed by atoms with Gasteiger partial charge in [-0.3, -0.25) is 14.5 Å². The van der Waals surface area contributed by atoms with Gasteiger partial charge in [0.1, 0.15) is 0 Å². The fourth-order valence-electron chi connectivity index (χ4n) is 1.62. The van der Waals surface area contributed by atoms with Crippen LogP contribution in [0.25, 0.3) is 0 Å². The second-order valence-electron chi connectivity index (χ2n) is 4.04. The second-order valence-corrected chi connectivity index (χ2v) is 5.28. The number of carbonyl (C=O) groups excluding carboxylic acids is 2. The smallest absolute Gasteiger partial charge is 0.494 e. The quantitative estimate of drug-likeness (QED) is 0.523. The zero-order valence-corrected chi connectivity index (χ0v) is 11.9. The van der Waals surface area contributed by atoms with E-state index < -0.39 is 19.1 Å². The first-order valence-electron chi connectivity index (χ1n) is 5.37. The topological polar surface area (TPSA) is 55.8 Å². The molecule has 1 aromatic rings. The third-order valence-electron chi connectivity index (χ3n) is 2.40. The molecule has 0 unspecified atom stereocenters. The zero-order valence-electron chi connectivity index (χ0n) is 9.76. The van der Waals surface area contributed by atoms with Crippen LogP contribution in [-0.4, -0.2) is 44.1 Å². The minimum Gasteiger partial charge on any atom is -0.494 e. The average molecular weight is 359 g/mol. The Morgan fingerprint density at radius 3 is 2.39 bits per heavy atom. The molecular weight excluding hydrogens is 348 g/mol. The number of carbonyl (C=O) groups is 2. The van der Waals surface area contributed by atoms with Crippen molar-refractivity contribution >= 4 is 47.1 Å². The molecule has 1 aliphatic rings. The summed E-state index contributed by atoms with van der Waals surface area (Å²) in [5, 5.41) is 0. The van der Waals surface area contributed by atoms with E-state index in [4.69, 9.17) is 9.31 Å². The fourth-order valence-corrected chi connectivity index (χ4v) is 2.19. The van der Waals surface area contributed by atoms with E-state index in [9.17, 15) is 9.59 Å². The minimum atomic E-state index is -0.951. The number of halogens is 1. The van der Waals surface area contributed by atoms with Crippen molar-refractivity contribution in [2.75, 3.05) is 20.1 Å². The van der Waals surface area contributed by atoms with Crippen molar-refractivity contribution in [3.63, 3.8) is 0 Å². The number of likely N-dealkylation sites (N-methyl/N-ethyl adjacent to an activating group) is 1. The maximum Gasteiger partial charge on any atom is 0.636 e. The Balaban J connectivity index is 2.20. The first kappa shape index (κ1) is 13.3. The molecule has 1 aliphatic heterocycles. The van der Waals surface area contributed by atoms with Crippen LogP contribution in [0.15, 0.2) is 24.3 Å². The molecule has 0 radical (unpaired) electrons. The van der Waals surface area contributed by atoms with Crippen molar-refractivity contribution in [1.82, 2.24) is 4.90 Å². The molecule has 0 bridgehead atoms. The van der Waals surface area contributed by atoms with Gasteiger partial charge in [0, 0.05) is 9.03 Å². The van der Waals surface area contributed by atoms with Crippen molar-refractivity contribution < 1.29 is 18.9 Å². The van der Waals surface area contributed by atoms with Crippen LogP contribution in [0, 0.1) is 3.57 Å². The van der Waals surface area contributed by atoms with Gasteiger partial charge in [-0.05, 0) is 41.8 Å². The predicted octanol–water partition coefficient (Wildman–Crippen LogP) is 0.0182. The molecule has 0 amide bonds. The van der Waals surface area contributed by atoms with Crippen LogP contribution in [0.1, 0.15) is 0 Å². The van der Waals surface area contributed by atoms with E-state index >= 15 is 0 Å².